The summed E-state index contributed by atoms with van der Waals surface area (Å²) in [6, 6.07) is 0.302. The normalized spacial score (nSPS) is 25.0. The summed E-state index contributed by atoms with van der Waals surface area (Å²) in [6.45, 7) is 9.23. The van der Waals surface area contributed by atoms with Gasteiger partial charge in [0.15, 0.2) is 0 Å². The smallest absolute Gasteiger partial charge is 0.224 e. The number of hydrogen-bond donors (Lipinski definition) is 2. The van der Waals surface area contributed by atoms with Crippen LogP contribution in [0.15, 0.2) is 0 Å². The first-order chi connectivity index (χ1) is 7.61. The second-order valence-corrected chi connectivity index (χ2v) is 4.90. The topological polar surface area (TPSA) is 50.4 Å². The molecule has 0 spiro atoms. The fourth-order valence-electron chi connectivity index (χ4n) is 1.91. The van der Waals surface area contributed by atoms with E-state index < -0.39 is 0 Å². The van der Waals surface area contributed by atoms with Crippen LogP contribution in [-0.4, -0.2) is 38.3 Å². The fourth-order valence-corrected chi connectivity index (χ4v) is 1.91. The standard InChI is InChI=1S/C12H24N2O2/c1-9(2)8-16-7-6-14-12(15)11-4-5-13-10(11)3/h9-11,13H,4-8H2,1-3H3,(H,14,15). The minimum atomic E-state index is 0.130. The van der Waals surface area contributed by atoms with Crippen LogP contribution < -0.4 is 10.6 Å². The Morgan fingerprint density at radius 2 is 2.31 bits per heavy atom. The van der Waals surface area contributed by atoms with E-state index in [2.05, 4.69) is 31.4 Å². The van der Waals surface area contributed by atoms with E-state index in [-0.39, 0.29) is 11.8 Å². The molecule has 2 N–H and O–H groups in total. The van der Waals surface area contributed by atoms with E-state index >= 15 is 0 Å². The monoisotopic (exact) mass is 228 g/mol. The van der Waals surface area contributed by atoms with Gasteiger partial charge in [-0.2, -0.15) is 0 Å². The first-order valence-corrected chi connectivity index (χ1v) is 6.20. The lowest BCUT2D eigenvalue weighted by Gasteiger charge is -2.15. The van der Waals surface area contributed by atoms with Gasteiger partial charge < -0.3 is 15.4 Å². The Morgan fingerprint density at radius 1 is 1.56 bits per heavy atom. The molecule has 2 unspecified atom stereocenters. The van der Waals surface area contributed by atoms with Crippen LogP contribution in [0.5, 0.6) is 0 Å². The van der Waals surface area contributed by atoms with Crippen molar-refractivity contribution in [3.8, 4) is 0 Å². The number of amides is 1. The largest absolute Gasteiger partial charge is 0.379 e. The maximum absolute atomic E-state index is 11.7. The summed E-state index contributed by atoms with van der Waals surface area (Å²) in [5, 5.41) is 6.20. The number of hydrogen-bond acceptors (Lipinski definition) is 3. The average molecular weight is 228 g/mol. The lowest BCUT2D eigenvalue weighted by Crippen LogP contribution is -2.38. The molecular formula is C12H24N2O2. The highest BCUT2D eigenvalue weighted by Crippen LogP contribution is 2.14. The molecule has 4 heteroatoms. The van der Waals surface area contributed by atoms with E-state index in [4.69, 9.17) is 4.74 Å². The zero-order chi connectivity index (χ0) is 12.0. The van der Waals surface area contributed by atoms with Crippen molar-refractivity contribution in [2.75, 3.05) is 26.3 Å². The molecular weight excluding hydrogens is 204 g/mol. The van der Waals surface area contributed by atoms with Gasteiger partial charge >= 0.3 is 0 Å². The molecule has 1 aliphatic rings. The molecule has 0 bridgehead atoms. The highest BCUT2D eigenvalue weighted by molar-refractivity contribution is 5.79. The van der Waals surface area contributed by atoms with E-state index in [9.17, 15) is 4.79 Å². The summed E-state index contributed by atoms with van der Waals surface area (Å²) in [5.74, 6) is 0.838. The predicted octanol–water partition coefficient (Wildman–Crippen LogP) is 0.773. The van der Waals surface area contributed by atoms with Crippen LogP contribution in [0.1, 0.15) is 27.2 Å². The highest BCUT2D eigenvalue weighted by Gasteiger charge is 2.28. The number of nitrogens with one attached hydrogen (secondary N) is 2. The quantitative estimate of drug-likeness (QED) is 0.660. The van der Waals surface area contributed by atoms with Gasteiger partial charge in [-0.05, 0) is 25.8 Å². The van der Waals surface area contributed by atoms with Gasteiger partial charge in [-0.15, -0.1) is 0 Å². The fraction of sp³-hybridized carbons (Fsp3) is 0.917. The van der Waals surface area contributed by atoms with E-state index in [0.29, 0.717) is 25.1 Å². The molecule has 1 saturated heterocycles. The predicted molar refractivity (Wildman–Crippen MR) is 64.2 cm³/mol. The Morgan fingerprint density at radius 3 is 2.88 bits per heavy atom. The molecule has 0 radical (unpaired) electrons. The molecule has 0 aromatic rings. The van der Waals surface area contributed by atoms with Crippen molar-refractivity contribution in [2.24, 2.45) is 11.8 Å². The molecule has 2 atom stereocenters. The van der Waals surface area contributed by atoms with Gasteiger partial charge in [0, 0.05) is 19.2 Å². The van der Waals surface area contributed by atoms with Crippen LogP contribution in [0, 0.1) is 11.8 Å². The summed E-state index contributed by atoms with van der Waals surface area (Å²) in [6.07, 6.45) is 0.944. The summed E-state index contributed by atoms with van der Waals surface area (Å²) < 4.78 is 5.40. The third-order valence-electron chi connectivity index (χ3n) is 2.86. The van der Waals surface area contributed by atoms with Crippen LogP contribution in [0.4, 0.5) is 0 Å². The minimum Gasteiger partial charge on any atom is -0.379 e. The van der Waals surface area contributed by atoms with Crippen LogP contribution in [0.25, 0.3) is 0 Å². The summed E-state index contributed by atoms with van der Waals surface area (Å²) >= 11 is 0. The SMILES string of the molecule is CC(C)COCCNC(=O)C1CCNC1C. The molecule has 1 heterocycles. The second-order valence-electron chi connectivity index (χ2n) is 4.90. The lowest BCUT2D eigenvalue weighted by atomic mass is 10.0. The zero-order valence-electron chi connectivity index (χ0n) is 10.6. The van der Waals surface area contributed by atoms with Crippen LogP contribution >= 0.6 is 0 Å². The molecule has 0 aromatic carbocycles. The van der Waals surface area contributed by atoms with Crippen molar-refractivity contribution >= 4 is 5.91 Å². The van der Waals surface area contributed by atoms with Gasteiger partial charge in [0.1, 0.15) is 0 Å². The second kappa shape index (κ2) is 6.86. The van der Waals surface area contributed by atoms with Crippen molar-refractivity contribution in [3.05, 3.63) is 0 Å². The van der Waals surface area contributed by atoms with Gasteiger partial charge in [-0.1, -0.05) is 13.8 Å². The molecule has 94 valence electrons. The molecule has 0 aromatic heterocycles. The van der Waals surface area contributed by atoms with E-state index in [1.165, 1.54) is 0 Å². The molecule has 0 saturated carbocycles. The molecule has 4 nitrogen and oxygen atoms in total. The first kappa shape index (κ1) is 13.5. The Hall–Kier alpha value is -0.610. The van der Waals surface area contributed by atoms with Crippen LogP contribution in [0.2, 0.25) is 0 Å². The van der Waals surface area contributed by atoms with E-state index in [0.717, 1.165) is 19.6 Å². The maximum Gasteiger partial charge on any atom is 0.224 e. The van der Waals surface area contributed by atoms with Gasteiger partial charge in [0.05, 0.1) is 12.5 Å². The number of carbonyl (C=O) groups is 1. The molecule has 1 rings (SSSR count). The highest BCUT2D eigenvalue weighted by atomic mass is 16.5. The van der Waals surface area contributed by atoms with Gasteiger partial charge in [-0.25, -0.2) is 0 Å². The maximum atomic E-state index is 11.7. The molecule has 0 aliphatic carbocycles. The zero-order valence-corrected chi connectivity index (χ0v) is 10.6. The van der Waals surface area contributed by atoms with Crippen molar-refractivity contribution < 1.29 is 9.53 Å². The van der Waals surface area contributed by atoms with Gasteiger partial charge in [0.2, 0.25) is 5.91 Å². The lowest BCUT2D eigenvalue weighted by molar-refractivity contribution is -0.125. The van der Waals surface area contributed by atoms with E-state index in [1.54, 1.807) is 0 Å². The van der Waals surface area contributed by atoms with Crippen molar-refractivity contribution in [1.29, 1.82) is 0 Å². The first-order valence-electron chi connectivity index (χ1n) is 6.20. The number of rotatable bonds is 6. The average Bonchev–Trinajstić information content (AvgIpc) is 2.63. The molecule has 1 fully saturated rings. The van der Waals surface area contributed by atoms with Gasteiger partial charge in [-0.3, -0.25) is 4.79 Å². The Bertz CT molecular complexity index is 219. The molecule has 1 amide bonds. The molecule has 16 heavy (non-hydrogen) atoms. The Balaban J connectivity index is 2.06. The minimum absolute atomic E-state index is 0.130. The number of carbonyl (C=O) groups excluding carboxylic acids is 1. The van der Waals surface area contributed by atoms with Crippen molar-refractivity contribution in [3.63, 3.8) is 0 Å². The van der Waals surface area contributed by atoms with E-state index in [1.807, 2.05) is 0 Å². The Kier molecular flexibility index (Phi) is 5.77. The summed E-state index contributed by atoms with van der Waals surface area (Å²) in [4.78, 5) is 11.7. The third kappa shape index (κ3) is 4.49. The number of ether oxygens (including phenoxy) is 1. The van der Waals surface area contributed by atoms with Crippen molar-refractivity contribution in [1.82, 2.24) is 10.6 Å². The summed E-state index contributed by atoms with van der Waals surface area (Å²) in [7, 11) is 0. The van der Waals surface area contributed by atoms with Crippen LogP contribution in [0.3, 0.4) is 0 Å². The Labute approximate surface area is 98.1 Å². The third-order valence-corrected chi connectivity index (χ3v) is 2.86. The molecule has 1 aliphatic heterocycles. The van der Waals surface area contributed by atoms with Crippen LogP contribution in [-0.2, 0) is 9.53 Å². The summed E-state index contributed by atoms with van der Waals surface area (Å²) in [5.41, 5.74) is 0. The van der Waals surface area contributed by atoms with Crippen molar-refractivity contribution in [2.45, 2.75) is 33.2 Å². The van der Waals surface area contributed by atoms with Gasteiger partial charge in [0.25, 0.3) is 0 Å².